The number of anilines is 1. The summed E-state index contributed by atoms with van der Waals surface area (Å²) in [6.45, 7) is 5.06. The molecule has 142 valence electrons. The summed E-state index contributed by atoms with van der Waals surface area (Å²) in [5.41, 5.74) is 2.31. The fourth-order valence-electron chi connectivity index (χ4n) is 2.64. The van der Waals surface area contributed by atoms with E-state index in [2.05, 4.69) is 10.4 Å². The Labute approximate surface area is 153 Å². The summed E-state index contributed by atoms with van der Waals surface area (Å²) in [4.78, 5) is 12.6. The first kappa shape index (κ1) is 19.9. The summed E-state index contributed by atoms with van der Waals surface area (Å²) < 4.78 is 32.7. The number of sulfonamides is 1. The summed E-state index contributed by atoms with van der Waals surface area (Å²) in [5, 5.41) is 7.00. The van der Waals surface area contributed by atoms with Gasteiger partial charge in [0.05, 0.1) is 24.2 Å². The predicted octanol–water partition coefficient (Wildman–Crippen LogP) is 1.71. The highest BCUT2D eigenvalue weighted by molar-refractivity contribution is 7.89. The van der Waals surface area contributed by atoms with E-state index >= 15 is 0 Å². The Morgan fingerprint density at radius 3 is 2.50 bits per heavy atom. The maximum atomic E-state index is 12.4. The van der Waals surface area contributed by atoms with E-state index in [9.17, 15) is 13.2 Å². The summed E-state index contributed by atoms with van der Waals surface area (Å²) in [7, 11) is 0.819. The molecule has 0 bridgehead atoms. The molecule has 0 saturated heterocycles. The lowest BCUT2D eigenvalue weighted by molar-refractivity contribution is -0.117. The molecule has 26 heavy (non-hydrogen) atoms. The van der Waals surface area contributed by atoms with Gasteiger partial charge in [-0.1, -0.05) is 6.07 Å². The van der Waals surface area contributed by atoms with Crippen molar-refractivity contribution < 1.29 is 17.9 Å². The smallest absolute Gasteiger partial charge is 0.246 e. The molecule has 0 aliphatic heterocycles. The van der Waals surface area contributed by atoms with E-state index in [-0.39, 0.29) is 17.3 Å². The van der Waals surface area contributed by atoms with Crippen LogP contribution < -0.4 is 10.1 Å². The van der Waals surface area contributed by atoms with Crippen LogP contribution >= 0.6 is 0 Å². The molecule has 0 aliphatic carbocycles. The van der Waals surface area contributed by atoms with Gasteiger partial charge in [-0.2, -0.15) is 5.10 Å². The van der Waals surface area contributed by atoms with Gasteiger partial charge in [-0.25, -0.2) is 12.7 Å². The second-order valence-corrected chi connectivity index (χ2v) is 8.29. The van der Waals surface area contributed by atoms with Crippen molar-refractivity contribution in [3.05, 3.63) is 35.2 Å². The molecule has 0 unspecified atom stereocenters. The normalized spacial score (nSPS) is 11.7. The number of carbonyl (C=O) groups excluding carboxylic acids is 1. The highest BCUT2D eigenvalue weighted by Gasteiger charge is 2.27. The molecule has 0 radical (unpaired) electrons. The second kappa shape index (κ2) is 7.46. The van der Waals surface area contributed by atoms with Crippen LogP contribution in [0.5, 0.6) is 5.75 Å². The SMILES string of the molecule is COc1ccc(C)cc1NC(=O)Cn1nc(C)c(S(=O)(=O)N(C)C)c1C. The molecule has 1 aromatic heterocycles. The average Bonchev–Trinajstić information content (AvgIpc) is 2.81. The number of hydrogen-bond donors (Lipinski definition) is 1. The number of aryl methyl sites for hydroxylation is 2. The number of nitrogens with one attached hydrogen (secondary N) is 1. The molecule has 9 heteroatoms. The van der Waals surface area contributed by atoms with Crippen LogP contribution in [0.25, 0.3) is 0 Å². The van der Waals surface area contributed by atoms with Crippen molar-refractivity contribution in [2.45, 2.75) is 32.2 Å². The molecule has 2 rings (SSSR count). The van der Waals surface area contributed by atoms with Crippen LogP contribution in [0.1, 0.15) is 17.0 Å². The Morgan fingerprint density at radius 1 is 1.27 bits per heavy atom. The Hall–Kier alpha value is -2.39. The molecule has 0 aliphatic rings. The zero-order chi connectivity index (χ0) is 19.6. The van der Waals surface area contributed by atoms with Gasteiger partial charge >= 0.3 is 0 Å². The number of carbonyl (C=O) groups is 1. The number of hydrogen-bond acceptors (Lipinski definition) is 5. The first-order valence-electron chi connectivity index (χ1n) is 7.99. The maximum absolute atomic E-state index is 12.4. The molecule has 8 nitrogen and oxygen atoms in total. The van der Waals surface area contributed by atoms with Gasteiger partial charge < -0.3 is 10.1 Å². The van der Waals surface area contributed by atoms with Crippen LogP contribution in [0.15, 0.2) is 23.1 Å². The number of rotatable bonds is 6. The van der Waals surface area contributed by atoms with Crippen molar-refractivity contribution in [2.75, 3.05) is 26.5 Å². The number of benzene rings is 1. The summed E-state index contributed by atoms with van der Waals surface area (Å²) >= 11 is 0. The van der Waals surface area contributed by atoms with E-state index in [0.29, 0.717) is 22.8 Å². The fourth-order valence-corrected chi connectivity index (χ4v) is 3.89. The Morgan fingerprint density at radius 2 is 1.92 bits per heavy atom. The number of aromatic nitrogens is 2. The molecule has 1 aromatic carbocycles. The monoisotopic (exact) mass is 380 g/mol. The van der Waals surface area contributed by atoms with E-state index in [1.807, 2.05) is 13.0 Å². The highest BCUT2D eigenvalue weighted by atomic mass is 32.2. The summed E-state index contributed by atoms with van der Waals surface area (Å²) in [5.74, 6) is 0.224. The molecule has 1 heterocycles. The van der Waals surface area contributed by atoms with Gasteiger partial charge in [0, 0.05) is 14.1 Å². The van der Waals surface area contributed by atoms with Crippen molar-refractivity contribution in [1.29, 1.82) is 0 Å². The van der Waals surface area contributed by atoms with Gasteiger partial charge in [-0.3, -0.25) is 9.48 Å². The van der Waals surface area contributed by atoms with Crippen LogP contribution in [0, 0.1) is 20.8 Å². The summed E-state index contributed by atoms with van der Waals surface area (Å²) in [6.07, 6.45) is 0. The number of methoxy groups -OCH3 is 1. The first-order chi connectivity index (χ1) is 12.1. The lowest BCUT2D eigenvalue weighted by atomic mass is 10.2. The zero-order valence-corrected chi connectivity index (χ0v) is 16.6. The van der Waals surface area contributed by atoms with Crippen molar-refractivity contribution >= 4 is 21.6 Å². The van der Waals surface area contributed by atoms with E-state index in [1.165, 1.54) is 25.9 Å². The average molecular weight is 380 g/mol. The maximum Gasteiger partial charge on any atom is 0.246 e. The van der Waals surface area contributed by atoms with Crippen molar-refractivity contribution in [3.8, 4) is 5.75 Å². The van der Waals surface area contributed by atoms with Crippen LogP contribution in [0.2, 0.25) is 0 Å². The second-order valence-electron chi connectivity index (χ2n) is 6.20. The van der Waals surface area contributed by atoms with E-state index in [4.69, 9.17) is 4.74 Å². The largest absolute Gasteiger partial charge is 0.495 e. The molecule has 1 N–H and O–H groups in total. The van der Waals surface area contributed by atoms with E-state index in [0.717, 1.165) is 9.87 Å². The zero-order valence-electron chi connectivity index (χ0n) is 15.8. The molecular weight excluding hydrogens is 356 g/mol. The molecule has 0 spiro atoms. The first-order valence-corrected chi connectivity index (χ1v) is 9.43. The van der Waals surface area contributed by atoms with Crippen molar-refractivity contribution in [1.82, 2.24) is 14.1 Å². The van der Waals surface area contributed by atoms with Gasteiger partial charge in [0.15, 0.2) is 0 Å². The van der Waals surface area contributed by atoms with Gasteiger partial charge in [-0.15, -0.1) is 0 Å². The lowest BCUT2D eigenvalue weighted by Crippen LogP contribution is -2.24. The van der Waals surface area contributed by atoms with Crippen LogP contribution in [-0.4, -0.2) is 49.6 Å². The number of ether oxygens (including phenoxy) is 1. The Kier molecular flexibility index (Phi) is 5.72. The molecule has 0 atom stereocenters. The minimum Gasteiger partial charge on any atom is -0.495 e. The van der Waals surface area contributed by atoms with Gasteiger partial charge in [-0.05, 0) is 38.5 Å². The van der Waals surface area contributed by atoms with Gasteiger partial charge in [0.2, 0.25) is 15.9 Å². The standard InChI is InChI=1S/C17H24N4O4S/c1-11-7-8-15(25-6)14(9-11)18-16(22)10-21-13(3)17(12(2)19-21)26(23,24)20(4)5/h7-9H,10H2,1-6H3,(H,18,22). The third-order valence-electron chi connectivity index (χ3n) is 3.98. The molecule has 0 fully saturated rings. The molecule has 1 amide bonds. The quantitative estimate of drug-likeness (QED) is 0.823. The number of amides is 1. The third-order valence-corrected chi connectivity index (χ3v) is 6.04. The number of nitrogens with zero attached hydrogens (tertiary/aromatic N) is 3. The van der Waals surface area contributed by atoms with Gasteiger partial charge in [0.1, 0.15) is 17.2 Å². The van der Waals surface area contributed by atoms with Crippen molar-refractivity contribution in [2.24, 2.45) is 0 Å². The molecular formula is C17H24N4O4S. The fraction of sp³-hybridized carbons (Fsp3) is 0.412. The Bertz CT molecular complexity index is 932. The minimum absolute atomic E-state index is 0.104. The minimum atomic E-state index is -3.63. The topological polar surface area (TPSA) is 93.5 Å². The van der Waals surface area contributed by atoms with Crippen LogP contribution in [-0.2, 0) is 21.4 Å². The molecule has 2 aromatic rings. The highest BCUT2D eigenvalue weighted by Crippen LogP contribution is 2.26. The van der Waals surface area contributed by atoms with Crippen LogP contribution in [0.3, 0.4) is 0 Å². The third kappa shape index (κ3) is 3.88. The summed E-state index contributed by atoms with van der Waals surface area (Å²) in [6, 6.07) is 5.46. The van der Waals surface area contributed by atoms with Crippen molar-refractivity contribution in [3.63, 3.8) is 0 Å². The van der Waals surface area contributed by atoms with E-state index in [1.54, 1.807) is 26.0 Å². The Balaban J connectivity index is 2.28. The van der Waals surface area contributed by atoms with Gasteiger partial charge in [0.25, 0.3) is 0 Å². The predicted molar refractivity (Wildman–Crippen MR) is 98.9 cm³/mol. The van der Waals surface area contributed by atoms with Crippen LogP contribution in [0.4, 0.5) is 5.69 Å². The van der Waals surface area contributed by atoms with E-state index < -0.39 is 10.0 Å². The lowest BCUT2D eigenvalue weighted by Gasteiger charge is -2.13. The molecule has 0 saturated carbocycles.